The van der Waals surface area contributed by atoms with Crippen LogP contribution in [0.4, 0.5) is 0 Å². The van der Waals surface area contributed by atoms with Crippen molar-refractivity contribution in [2.75, 3.05) is 13.2 Å². The molecule has 0 saturated heterocycles. The number of nitrogens with zero attached hydrogens (tertiary/aromatic N) is 1. The van der Waals surface area contributed by atoms with Gasteiger partial charge in [-0.3, -0.25) is 9.78 Å². The Hall–Kier alpha value is -1.26. The van der Waals surface area contributed by atoms with Gasteiger partial charge < -0.3 is 9.47 Å². The predicted octanol–water partition coefficient (Wildman–Crippen LogP) is 1.59. The van der Waals surface area contributed by atoms with Crippen LogP contribution in [0.1, 0.15) is 19.4 Å². The van der Waals surface area contributed by atoms with Crippen LogP contribution in [0.15, 0.2) is 24.5 Å². The number of carbonyl (C=O) groups is 1. The number of carbonyl (C=O) groups excluding carboxylic acids is 1. The summed E-state index contributed by atoms with van der Waals surface area (Å²) in [6.45, 7) is 4.60. The van der Waals surface area contributed by atoms with Crippen LogP contribution in [0.25, 0.3) is 0 Å². The van der Waals surface area contributed by atoms with E-state index in [1.165, 1.54) is 0 Å². The molecule has 0 bridgehead atoms. The van der Waals surface area contributed by atoms with E-state index in [-0.39, 0.29) is 5.78 Å². The largest absolute Gasteiger partial charge is 0.346 e. The smallest absolute Gasteiger partial charge is 0.218 e. The summed E-state index contributed by atoms with van der Waals surface area (Å²) < 4.78 is 10.4. The molecule has 4 nitrogen and oxygen atoms in total. The van der Waals surface area contributed by atoms with Gasteiger partial charge in [0.25, 0.3) is 0 Å². The molecule has 0 N–H and O–H groups in total. The number of hydrogen-bond donors (Lipinski definition) is 0. The maximum absolute atomic E-state index is 11.8. The zero-order valence-corrected chi connectivity index (χ0v) is 9.68. The number of pyridine rings is 1. The minimum absolute atomic E-state index is 0.0725. The summed E-state index contributed by atoms with van der Waals surface area (Å²) in [4.78, 5) is 15.8. The summed E-state index contributed by atoms with van der Waals surface area (Å²) in [5.74, 6) is -0.0725. The van der Waals surface area contributed by atoms with E-state index in [1.54, 1.807) is 18.5 Å². The SMILES string of the molecule is CCOC(OCC)C(=O)Cc1cccnc1. The average molecular weight is 223 g/mol. The quantitative estimate of drug-likeness (QED) is 0.659. The van der Waals surface area contributed by atoms with Crippen molar-refractivity contribution in [3.63, 3.8) is 0 Å². The van der Waals surface area contributed by atoms with Crippen LogP contribution in [0.3, 0.4) is 0 Å². The molecule has 0 aromatic carbocycles. The molecule has 0 fully saturated rings. The second kappa shape index (κ2) is 7.09. The highest BCUT2D eigenvalue weighted by molar-refractivity contribution is 5.83. The lowest BCUT2D eigenvalue weighted by Crippen LogP contribution is -2.29. The molecule has 1 aromatic rings. The molecule has 4 heteroatoms. The first-order valence-electron chi connectivity index (χ1n) is 5.42. The monoisotopic (exact) mass is 223 g/mol. The van der Waals surface area contributed by atoms with E-state index in [2.05, 4.69) is 4.98 Å². The Kier molecular flexibility index (Phi) is 5.67. The third kappa shape index (κ3) is 4.08. The fraction of sp³-hybridized carbons (Fsp3) is 0.500. The van der Waals surface area contributed by atoms with Gasteiger partial charge in [0.1, 0.15) is 0 Å². The summed E-state index contributed by atoms with van der Waals surface area (Å²) in [6.07, 6.45) is 2.89. The van der Waals surface area contributed by atoms with Crippen LogP contribution < -0.4 is 0 Å². The Bertz CT molecular complexity index is 307. The first-order valence-corrected chi connectivity index (χ1v) is 5.42. The van der Waals surface area contributed by atoms with Gasteiger partial charge in [0.15, 0.2) is 5.78 Å². The fourth-order valence-corrected chi connectivity index (χ4v) is 1.32. The molecule has 0 amide bonds. The van der Waals surface area contributed by atoms with E-state index in [0.717, 1.165) is 5.56 Å². The van der Waals surface area contributed by atoms with Gasteiger partial charge in [-0.1, -0.05) is 6.07 Å². The zero-order chi connectivity index (χ0) is 11.8. The standard InChI is InChI=1S/C12H17NO3/c1-3-15-12(16-4-2)11(14)8-10-6-5-7-13-9-10/h5-7,9,12H,3-4,8H2,1-2H3. The highest BCUT2D eigenvalue weighted by atomic mass is 16.7. The second-order valence-electron chi connectivity index (χ2n) is 3.25. The van der Waals surface area contributed by atoms with Gasteiger partial charge in [-0.2, -0.15) is 0 Å². The maximum atomic E-state index is 11.8. The topological polar surface area (TPSA) is 48.4 Å². The molecule has 0 aliphatic heterocycles. The minimum Gasteiger partial charge on any atom is -0.346 e. The van der Waals surface area contributed by atoms with Crippen molar-refractivity contribution in [2.24, 2.45) is 0 Å². The molecule has 1 heterocycles. The van der Waals surface area contributed by atoms with Gasteiger partial charge in [-0.25, -0.2) is 0 Å². The number of rotatable bonds is 7. The number of ketones is 1. The molecule has 0 unspecified atom stereocenters. The highest BCUT2D eigenvalue weighted by Gasteiger charge is 2.18. The Morgan fingerprint density at radius 2 is 2.06 bits per heavy atom. The van der Waals surface area contributed by atoms with Crippen molar-refractivity contribution in [2.45, 2.75) is 26.6 Å². The fourth-order valence-electron chi connectivity index (χ4n) is 1.32. The first-order chi connectivity index (χ1) is 7.77. The number of hydrogen-bond acceptors (Lipinski definition) is 4. The average Bonchev–Trinajstić information content (AvgIpc) is 2.30. The molecule has 0 aliphatic rings. The number of ether oxygens (including phenoxy) is 2. The van der Waals surface area contributed by atoms with Crippen LogP contribution in [-0.2, 0) is 20.7 Å². The molecule has 0 aliphatic carbocycles. The van der Waals surface area contributed by atoms with E-state index in [0.29, 0.717) is 19.6 Å². The van der Waals surface area contributed by atoms with Gasteiger partial charge in [0.2, 0.25) is 6.29 Å². The maximum Gasteiger partial charge on any atom is 0.218 e. The van der Waals surface area contributed by atoms with Crippen molar-refractivity contribution in [3.05, 3.63) is 30.1 Å². The molecule has 0 atom stereocenters. The molecular weight excluding hydrogens is 206 g/mol. The molecule has 16 heavy (non-hydrogen) atoms. The van der Waals surface area contributed by atoms with Gasteiger partial charge >= 0.3 is 0 Å². The van der Waals surface area contributed by atoms with Gasteiger partial charge in [0.05, 0.1) is 0 Å². The summed E-state index contributed by atoms with van der Waals surface area (Å²) in [6, 6.07) is 3.67. The molecule has 0 radical (unpaired) electrons. The van der Waals surface area contributed by atoms with Crippen molar-refractivity contribution in [3.8, 4) is 0 Å². The van der Waals surface area contributed by atoms with Crippen LogP contribution in [0.5, 0.6) is 0 Å². The van der Waals surface area contributed by atoms with Gasteiger partial charge in [-0.05, 0) is 25.5 Å². The van der Waals surface area contributed by atoms with E-state index in [9.17, 15) is 4.79 Å². The Morgan fingerprint density at radius 3 is 2.56 bits per heavy atom. The predicted molar refractivity (Wildman–Crippen MR) is 60.0 cm³/mol. The van der Waals surface area contributed by atoms with E-state index in [4.69, 9.17) is 9.47 Å². The Balaban J connectivity index is 2.55. The van der Waals surface area contributed by atoms with Gasteiger partial charge in [-0.15, -0.1) is 0 Å². The van der Waals surface area contributed by atoms with Crippen molar-refractivity contribution in [1.82, 2.24) is 4.98 Å². The lowest BCUT2D eigenvalue weighted by molar-refractivity contribution is -0.167. The summed E-state index contributed by atoms with van der Waals surface area (Å²) in [5.41, 5.74) is 0.872. The molecule has 0 spiro atoms. The molecular formula is C12H17NO3. The van der Waals surface area contributed by atoms with Crippen molar-refractivity contribution < 1.29 is 14.3 Å². The van der Waals surface area contributed by atoms with Crippen LogP contribution >= 0.6 is 0 Å². The molecule has 1 rings (SSSR count). The summed E-state index contributed by atoms with van der Waals surface area (Å²) in [5, 5.41) is 0. The van der Waals surface area contributed by atoms with E-state index < -0.39 is 6.29 Å². The van der Waals surface area contributed by atoms with Crippen molar-refractivity contribution >= 4 is 5.78 Å². The Morgan fingerprint density at radius 1 is 1.38 bits per heavy atom. The van der Waals surface area contributed by atoms with Crippen molar-refractivity contribution in [1.29, 1.82) is 0 Å². The third-order valence-corrected chi connectivity index (χ3v) is 2.00. The first kappa shape index (κ1) is 12.8. The number of aromatic nitrogens is 1. The van der Waals surface area contributed by atoms with E-state index in [1.807, 2.05) is 19.9 Å². The zero-order valence-electron chi connectivity index (χ0n) is 9.68. The molecule has 0 saturated carbocycles. The minimum atomic E-state index is -0.754. The third-order valence-electron chi connectivity index (χ3n) is 2.00. The molecule has 88 valence electrons. The normalized spacial score (nSPS) is 10.7. The van der Waals surface area contributed by atoms with E-state index >= 15 is 0 Å². The van der Waals surface area contributed by atoms with Crippen LogP contribution in [0.2, 0.25) is 0 Å². The molecule has 1 aromatic heterocycles. The lowest BCUT2D eigenvalue weighted by atomic mass is 10.1. The summed E-state index contributed by atoms with van der Waals surface area (Å²) >= 11 is 0. The van der Waals surface area contributed by atoms with Gasteiger partial charge in [0, 0.05) is 32.0 Å². The second-order valence-corrected chi connectivity index (χ2v) is 3.25. The summed E-state index contributed by atoms with van der Waals surface area (Å²) in [7, 11) is 0. The Labute approximate surface area is 95.6 Å². The van der Waals surface area contributed by atoms with Crippen LogP contribution in [-0.4, -0.2) is 30.3 Å². The highest BCUT2D eigenvalue weighted by Crippen LogP contribution is 2.04. The lowest BCUT2D eigenvalue weighted by Gasteiger charge is -2.15. The number of Topliss-reactive ketones (excluding diaryl/α,β-unsaturated/α-hetero) is 1. The van der Waals surface area contributed by atoms with Crippen LogP contribution in [0, 0.1) is 0 Å².